The van der Waals surface area contributed by atoms with Gasteiger partial charge in [-0.05, 0) is 119 Å². The second-order valence-corrected chi connectivity index (χ2v) is 17.8. The molecule has 7 aromatic rings. The van der Waals surface area contributed by atoms with Gasteiger partial charge >= 0.3 is 0 Å². The monoisotopic (exact) mass is 700 g/mol. The van der Waals surface area contributed by atoms with Crippen LogP contribution < -0.4 is 0 Å². The minimum Gasteiger partial charge on any atom is -0.507 e. The quantitative estimate of drug-likeness (QED) is 0.194. The van der Waals surface area contributed by atoms with E-state index in [9.17, 15) is 5.11 Å². The molecule has 270 valence electrons. The zero-order valence-electron chi connectivity index (χ0n) is 33.1. The SMILES string of the molecule is CC(C)n1c(-c2cc(C(C)(C)C)ccc2O)nc2c(-c3cccc(-c4cc(C(C)(C)C)cc5c(C(C)(C)C)ccnc45)c3)cc(-c3ccccn3)cc21. The lowest BCUT2D eigenvalue weighted by Gasteiger charge is -2.25. The normalized spacial score (nSPS) is 12.7. The summed E-state index contributed by atoms with van der Waals surface area (Å²) in [6.45, 7) is 24.6. The number of hydrogen-bond donors (Lipinski definition) is 1. The first-order valence-corrected chi connectivity index (χ1v) is 18.8. The van der Waals surface area contributed by atoms with Gasteiger partial charge in [-0.3, -0.25) is 9.97 Å². The standard InChI is InChI=1S/C48H52N4O/c1-29(2)52-41-25-32(40-17-12-13-21-49-40)24-35(44(41)51-45(52)38-26-33(46(3,4)5)18-19-42(38)53)30-15-14-16-31(23-30)36-27-34(47(6,7)8)28-37-39(48(9,10)11)20-22-50-43(36)37/h12-29,53H,1-11H3. The first-order valence-electron chi connectivity index (χ1n) is 18.8. The number of nitrogens with zero attached hydrogens (tertiary/aromatic N) is 4. The average Bonchev–Trinajstić information content (AvgIpc) is 3.49. The topological polar surface area (TPSA) is 63.8 Å². The van der Waals surface area contributed by atoms with E-state index in [0.717, 1.165) is 67.0 Å². The average molecular weight is 701 g/mol. The number of pyridine rings is 2. The largest absolute Gasteiger partial charge is 0.507 e. The van der Waals surface area contributed by atoms with Crippen LogP contribution in [0, 0.1) is 0 Å². The second kappa shape index (κ2) is 13.0. The van der Waals surface area contributed by atoms with E-state index in [4.69, 9.17) is 15.0 Å². The summed E-state index contributed by atoms with van der Waals surface area (Å²) >= 11 is 0. The van der Waals surface area contributed by atoms with E-state index in [1.807, 2.05) is 30.6 Å². The van der Waals surface area contributed by atoms with Crippen molar-refractivity contribution in [3.05, 3.63) is 120 Å². The van der Waals surface area contributed by atoms with Crippen LogP contribution >= 0.6 is 0 Å². The van der Waals surface area contributed by atoms with Crippen LogP contribution in [0.2, 0.25) is 0 Å². The van der Waals surface area contributed by atoms with E-state index in [-0.39, 0.29) is 28.0 Å². The van der Waals surface area contributed by atoms with Gasteiger partial charge in [-0.25, -0.2) is 4.98 Å². The Bertz CT molecular complexity index is 2490. The van der Waals surface area contributed by atoms with Crippen LogP contribution in [0.3, 0.4) is 0 Å². The molecule has 0 fully saturated rings. The molecule has 3 aromatic heterocycles. The van der Waals surface area contributed by atoms with Crippen LogP contribution in [0.15, 0.2) is 103 Å². The van der Waals surface area contributed by atoms with Gasteiger partial charge in [0.2, 0.25) is 0 Å². The predicted molar refractivity (Wildman–Crippen MR) is 223 cm³/mol. The summed E-state index contributed by atoms with van der Waals surface area (Å²) in [6.07, 6.45) is 3.80. The second-order valence-electron chi connectivity index (χ2n) is 17.8. The van der Waals surface area contributed by atoms with Gasteiger partial charge in [0.1, 0.15) is 11.6 Å². The maximum Gasteiger partial charge on any atom is 0.145 e. The van der Waals surface area contributed by atoms with Crippen molar-refractivity contribution >= 4 is 21.9 Å². The third-order valence-electron chi connectivity index (χ3n) is 10.4. The fourth-order valence-electron chi connectivity index (χ4n) is 7.41. The summed E-state index contributed by atoms with van der Waals surface area (Å²) in [7, 11) is 0. The van der Waals surface area contributed by atoms with Crippen molar-refractivity contribution in [3.63, 3.8) is 0 Å². The van der Waals surface area contributed by atoms with Crippen molar-refractivity contribution in [2.24, 2.45) is 0 Å². The number of aromatic hydroxyl groups is 1. The number of rotatable bonds is 5. The Morgan fingerprint density at radius 2 is 1.25 bits per heavy atom. The van der Waals surface area contributed by atoms with E-state index in [0.29, 0.717) is 0 Å². The fraction of sp³-hybridized carbons (Fsp3) is 0.312. The van der Waals surface area contributed by atoms with E-state index in [2.05, 4.69) is 147 Å². The van der Waals surface area contributed by atoms with Crippen molar-refractivity contribution in [3.8, 4) is 50.6 Å². The minimum absolute atomic E-state index is 0.0396. The van der Waals surface area contributed by atoms with Gasteiger partial charge in [0.15, 0.2) is 0 Å². The molecule has 5 heteroatoms. The molecule has 0 saturated carbocycles. The highest BCUT2D eigenvalue weighted by molar-refractivity contribution is 6.01. The predicted octanol–water partition coefficient (Wildman–Crippen LogP) is 12.8. The van der Waals surface area contributed by atoms with Gasteiger partial charge in [0, 0.05) is 40.5 Å². The molecule has 0 aliphatic carbocycles. The van der Waals surface area contributed by atoms with Gasteiger partial charge in [-0.15, -0.1) is 0 Å². The minimum atomic E-state index is -0.0914. The zero-order valence-corrected chi connectivity index (χ0v) is 33.1. The van der Waals surface area contributed by atoms with Gasteiger partial charge in [0.25, 0.3) is 0 Å². The zero-order chi connectivity index (χ0) is 38.0. The molecule has 0 unspecified atom stereocenters. The fourth-order valence-corrected chi connectivity index (χ4v) is 7.41. The molecular weight excluding hydrogens is 649 g/mol. The summed E-state index contributed by atoms with van der Waals surface area (Å²) in [5.74, 6) is 0.966. The molecule has 0 spiro atoms. The number of aromatic nitrogens is 4. The highest BCUT2D eigenvalue weighted by Gasteiger charge is 2.26. The van der Waals surface area contributed by atoms with Crippen LogP contribution in [0.1, 0.15) is 98.9 Å². The van der Waals surface area contributed by atoms with E-state index in [1.54, 1.807) is 6.07 Å². The van der Waals surface area contributed by atoms with Crippen LogP contribution in [0.4, 0.5) is 0 Å². The Labute approximate surface area is 314 Å². The summed E-state index contributed by atoms with van der Waals surface area (Å²) < 4.78 is 2.26. The molecule has 0 saturated heterocycles. The lowest BCUT2D eigenvalue weighted by Crippen LogP contribution is -2.15. The molecule has 1 N–H and O–H groups in total. The Hall–Kier alpha value is -5.29. The molecule has 0 aliphatic heterocycles. The number of fused-ring (bicyclic) bond motifs is 2. The first kappa shape index (κ1) is 36.1. The number of imidazole rings is 1. The molecule has 0 amide bonds. The number of benzene rings is 4. The lowest BCUT2D eigenvalue weighted by atomic mass is 9.80. The molecular formula is C48H52N4O. The molecule has 0 radical (unpaired) electrons. The van der Waals surface area contributed by atoms with Crippen molar-refractivity contribution in [2.75, 3.05) is 0 Å². The van der Waals surface area contributed by atoms with Crippen molar-refractivity contribution in [1.29, 1.82) is 0 Å². The molecule has 4 aromatic carbocycles. The smallest absolute Gasteiger partial charge is 0.145 e. The van der Waals surface area contributed by atoms with Crippen molar-refractivity contribution in [1.82, 2.24) is 19.5 Å². The van der Waals surface area contributed by atoms with Gasteiger partial charge in [0.05, 0.1) is 27.8 Å². The lowest BCUT2D eigenvalue weighted by molar-refractivity contribution is 0.474. The number of phenols is 1. The summed E-state index contributed by atoms with van der Waals surface area (Å²) in [5, 5.41) is 12.5. The maximum absolute atomic E-state index is 11.3. The molecule has 0 atom stereocenters. The molecule has 7 rings (SSSR count). The molecule has 3 heterocycles. The Balaban J connectivity index is 1.53. The first-order chi connectivity index (χ1) is 24.9. The molecule has 53 heavy (non-hydrogen) atoms. The van der Waals surface area contributed by atoms with E-state index in [1.165, 1.54) is 16.5 Å². The molecule has 0 bridgehead atoms. The van der Waals surface area contributed by atoms with Crippen LogP contribution in [0.25, 0.3) is 66.8 Å². The van der Waals surface area contributed by atoms with E-state index < -0.39 is 0 Å². The van der Waals surface area contributed by atoms with Crippen LogP contribution in [-0.4, -0.2) is 24.6 Å². The number of phenolic OH excluding ortho intramolecular Hbond substituents is 1. The summed E-state index contributed by atoms with van der Waals surface area (Å²) in [5.41, 5.74) is 13.3. The van der Waals surface area contributed by atoms with Crippen LogP contribution in [-0.2, 0) is 16.2 Å². The Kier molecular flexibility index (Phi) is 8.84. The van der Waals surface area contributed by atoms with E-state index >= 15 is 0 Å². The van der Waals surface area contributed by atoms with Crippen molar-refractivity contribution in [2.45, 2.75) is 98.4 Å². The summed E-state index contributed by atoms with van der Waals surface area (Å²) in [4.78, 5) is 15.2. The maximum atomic E-state index is 11.3. The Morgan fingerprint density at radius 3 is 1.87 bits per heavy atom. The van der Waals surface area contributed by atoms with Gasteiger partial charge in [-0.2, -0.15) is 0 Å². The highest BCUT2D eigenvalue weighted by Crippen LogP contribution is 2.43. The Morgan fingerprint density at radius 1 is 0.566 bits per heavy atom. The number of hydrogen-bond acceptors (Lipinski definition) is 4. The third-order valence-corrected chi connectivity index (χ3v) is 10.4. The van der Waals surface area contributed by atoms with Gasteiger partial charge < -0.3 is 9.67 Å². The van der Waals surface area contributed by atoms with Crippen molar-refractivity contribution < 1.29 is 5.11 Å². The molecule has 0 aliphatic rings. The third kappa shape index (κ3) is 6.74. The van der Waals surface area contributed by atoms with Crippen LogP contribution in [0.5, 0.6) is 5.75 Å². The summed E-state index contributed by atoms with van der Waals surface area (Å²) in [6, 6.07) is 32.1. The van der Waals surface area contributed by atoms with Gasteiger partial charge in [-0.1, -0.05) is 92.6 Å². The highest BCUT2D eigenvalue weighted by atomic mass is 16.3. The molecule has 5 nitrogen and oxygen atoms in total.